The molecule has 0 radical (unpaired) electrons. The number of thiophene rings is 1. The van der Waals surface area contributed by atoms with Gasteiger partial charge in [0, 0.05) is 24.0 Å². The summed E-state index contributed by atoms with van der Waals surface area (Å²) in [6.45, 7) is 8.11. The number of likely N-dealkylation sites (tertiary alicyclic amines) is 1. The van der Waals surface area contributed by atoms with Crippen LogP contribution in [0.15, 0.2) is 4.79 Å². The van der Waals surface area contributed by atoms with E-state index < -0.39 is 0 Å². The van der Waals surface area contributed by atoms with Crippen molar-refractivity contribution in [3.8, 4) is 0 Å². The van der Waals surface area contributed by atoms with E-state index in [1.54, 1.807) is 11.3 Å². The Balaban J connectivity index is 1.33. The Kier molecular flexibility index (Phi) is 6.08. The fourth-order valence-electron chi connectivity index (χ4n) is 4.45. The lowest BCUT2D eigenvalue weighted by molar-refractivity contribution is -0.127. The molecule has 2 aromatic rings. The average molecular weight is 421 g/mol. The summed E-state index contributed by atoms with van der Waals surface area (Å²) in [4.78, 5) is 39.3. The molecule has 0 unspecified atom stereocenters. The lowest BCUT2D eigenvalue weighted by Gasteiger charge is -2.26. The van der Waals surface area contributed by atoms with Crippen LogP contribution in [0.1, 0.15) is 43.0 Å². The molecule has 8 heteroatoms. The van der Waals surface area contributed by atoms with Crippen LogP contribution in [0.5, 0.6) is 0 Å². The van der Waals surface area contributed by atoms with E-state index in [1.165, 1.54) is 22.2 Å². The number of nitrogens with zero attached hydrogens (tertiary/aromatic N) is 3. The zero-order chi connectivity index (χ0) is 19.7. The van der Waals surface area contributed by atoms with Gasteiger partial charge in [-0.15, -0.1) is 23.1 Å². The summed E-state index contributed by atoms with van der Waals surface area (Å²) in [6, 6.07) is 0.491. The molecule has 1 saturated heterocycles. The first-order chi connectivity index (χ1) is 13.6. The minimum Gasteiger partial charge on any atom is -0.340 e. The zero-order valence-electron chi connectivity index (χ0n) is 16.6. The van der Waals surface area contributed by atoms with Crippen molar-refractivity contribution >= 4 is 39.2 Å². The number of hydrogen-bond donors (Lipinski definition) is 1. The Morgan fingerprint density at radius 3 is 2.96 bits per heavy atom. The van der Waals surface area contributed by atoms with Gasteiger partial charge in [0.1, 0.15) is 10.7 Å². The molecule has 152 valence electrons. The first-order valence-corrected chi connectivity index (χ1v) is 12.2. The van der Waals surface area contributed by atoms with E-state index in [4.69, 9.17) is 0 Å². The third-order valence-electron chi connectivity index (χ3n) is 5.93. The highest BCUT2D eigenvalue weighted by molar-refractivity contribution is 7.99. The lowest BCUT2D eigenvalue weighted by Crippen LogP contribution is -2.39. The lowest BCUT2D eigenvalue weighted by atomic mass is 10.2. The number of hydrogen-bond acceptors (Lipinski definition) is 6. The van der Waals surface area contributed by atoms with Crippen LogP contribution in [0.4, 0.5) is 0 Å². The van der Waals surface area contributed by atoms with Crippen molar-refractivity contribution in [2.45, 2.75) is 51.3 Å². The molecule has 1 fully saturated rings. The van der Waals surface area contributed by atoms with E-state index in [0.29, 0.717) is 23.4 Å². The minimum atomic E-state index is -0.0204. The molecule has 1 aliphatic heterocycles. The van der Waals surface area contributed by atoms with Crippen LogP contribution >= 0.6 is 23.1 Å². The molecular weight excluding hydrogens is 392 g/mol. The summed E-state index contributed by atoms with van der Waals surface area (Å²) in [5.41, 5.74) is 1.19. The highest BCUT2D eigenvalue weighted by Crippen LogP contribution is 2.34. The first-order valence-electron chi connectivity index (χ1n) is 10.2. The molecule has 0 saturated carbocycles. The van der Waals surface area contributed by atoms with Gasteiger partial charge in [0.05, 0.1) is 16.9 Å². The number of fused-ring (bicyclic) bond motifs is 3. The van der Waals surface area contributed by atoms with Crippen molar-refractivity contribution in [1.82, 2.24) is 19.8 Å². The molecular formula is C20H28N4O2S2. The molecule has 2 aliphatic rings. The predicted octanol–water partition coefficient (Wildman–Crippen LogP) is 2.65. The van der Waals surface area contributed by atoms with Gasteiger partial charge < -0.3 is 9.88 Å². The Morgan fingerprint density at radius 1 is 1.36 bits per heavy atom. The molecule has 6 nitrogen and oxygen atoms in total. The molecule has 28 heavy (non-hydrogen) atoms. The van der Waals surface area contributed by atoms with E-state index in [0.717, 1.165) is 62.1 Å². The number of aryl methyl sites for hydroxylation is 2. The number of carbonyl (C=O) groups excluding carboxylic acids is 1. The smallest absolute Gasteiger partial charge is 0.259 e. The summed E-state index contributed by atoms with van der Waals surface area (Å²) in [6.07, 6.45) is 4.26. The Bertz CT molecular complexity index is 919. The molecule has 0 spiro atoms. The summed E-state index contributed by atoms with van der Waals surface area (Å²) < 4.78 is 0. The standard InChI is InChI=1S/C20H28N4O2S2/c1-3-23(4-2)13-8-9-24(10-13)17(25)12-27-11-16-21-19(26)18-14-6-5-7-15(14)28-20(18)22-16/h13H,3-12H2,1-2H3,(H,21,22,26)/t13-/m1/s1. The van der Waals surface area contributed by atoms with E-state index >= 15 is 0 Å². The number of rotatable bonds is 7. The van der Waals surface area contributed by atoms with Crippen molar-refractivity contribution in [2.75, 3.05) is 31.9 Å². The number of aromatic amines is 1. The number of likely N-dealkylation sites (N-methyl/N-ethyl adjacent to an activating group) is 1. The van der Waals surface area contributed by atoms with Gasteiger partial charge in [-0.25, -0.2) is 4.98 Å². The molecule has 3 heterocycles. The largest absolute Gasteiger partial charge is 0.340 e. The fraction of sp³-hybridized carbons (Fsp3) is 0.650. The van der Waals surface area contributed by atoms with E-state index in [2.05, 4.69) is 28.7 Å². The molecule has 0 bridgehead atoms. The van der Waals surface area contributed by atoms with Gasteiger partial charge in [-0.05, 0) is 44.3 Å². The van der Waals surface area contributed by atoms with Crippen LogP contribution in [0.2, 0.25) is 0 Å². The summed E-state index contributed by atoms with van der Waals surface area (Å²) in [5, 5.41) is 0.793. The number of carbonyl (C=O) groups is 1. The number of aromatic nitrogens is 2. The van der Waals surface area contributed by atoms with Crippen molar-refractivity contribution in [2.24, 2.45) is 0 Å². The maximum atomic E-state index is 12.6. The second-order valence-electron chi connectivity index (χ2n) is 7.55. The number of amides is 1. The van der Waals surface area contributed by atoms with Gasteiger partial charge in [0.15, 0.2) is 0 Å². The normalized spacial score (nSPS) is 19.1. The number of thioether (sulfide) groups is 1. The van der Waals surface area contributed by atoms with Gasteiger partial charge in [-0.2, -0.15) is 0 Å². The number of nitrogens with one attached hydrogen (secondary N) is 1. The highest BCUT2D eigenvalue weighted by Gasteiger charge is 2.29. The van der Waals surface area contributed by atoms with Gasteiger partial charge in [0.25, 0.3) is 5.56 Å². The fourth-order valence-corrected chi connectivity index (χ4v) is 6.52. The summed E-state index contributed by atoms with van der Waals surface area (Å²) in [7, 11) is 0. The molecule has 1 amide bonds. The average Bonchev–Trinajstić information content (AvgIpc) is 3.38. The van der Waals surface area contributed by atoms with Crippen LogP contribution in [-0.2, 0) is 23.4 Å². The topological polar surface area (TPSA) is 69.3 Å². The van der Waals surface area contributed by atoms with Gasteiger partial charge >= 0.3 is 0 Å². The van der Waals surface area contributed by atoms with Crippen molar-refractivity contribution in [3.05, 3.63) is 26.6 Å². The number of H-pyrrole nitrogens is 1. The Hall–Kier alpha value is -1.38. The van der Waals surface area contributed by atoms with Crippen molar-refractivity contribution in [3.63, 3.8) is 0 Å². The molecule has 4 rings (SSSR count). The maximum Gasteiger partial charge on any atom is 0.259 e. The van der Waals surface area contributed by atoms with Crippen LogP contribution in [-0.4, -0.2) is 63.6 Å². The SMILES string of the molecule is CCN(CC)[C@@H]1CCN(C(=O)CSCc2nc3sc4c(c3c(=O)[nH]2)CCC4)C1. The van der Waals surface area contributed by atoms with Crippen LogP contribution in [0, 0.1) is 0 Å². The summed E-state index contributed by atoms with van der Waals surface area (Å²) >= 11 is 3.20. The van der Waals surface area contributed by atoms with Crippen molar-refractivity contribution in [1.29, 1.82) is 0 Å². The third kappa shape index (κ3) is 3.86. The van der Waals surface area contributed by atoms with Crippen LogP contribution < -0.4 is 5.56 Å². The van der Waals surface area contributed by atoms with Crippen LogP contribution in [0.3, 0.4) is 0 Å². The third-order valence-corrected chi connectivity index (χ3v) is 8.05. The first kappa shape index (κ1) is 19.9. The van der Waals surface area contributed by atoms with E-state index in [1.807, 2.05) is 4.90 Å². The molecule has 1 atom stereocenters. The van der Waals surface area contributed by atoms with E-state index in [9.17, 15) is 9.59 Å². The second-order valence-corrected chi connectivity index (χ2v) is 9.62. The quantitative estimate of drug-likeness (QED) is 0.746. The highest BCUT2D eigenvalue weighted by atomic mass is 32.2. The molecule has 2 aromatic heterocycles. The van der Waals surface area contributed by atoms with Crippen LogP contribution in [0.25, 0.3) is 10.2 Å². The van der Waals surface area contributed by atoms with Gasteiger partial charge in [-0.1, -0.05) is 13.8 Å². The van der Waals surface area contributed by atoms with Crippen molar-refractivity contribution < 1.29 is 4.79 Å². The zero-order valence-corrected chi connectivity index (χ0v) is 18.3. The molecule has 0 aromatic carbocycles. The monoisotopic (exact) mass is 420 g/mol. The predicted molar refractivity (Wildman–Crippen MR) is 116 cm³/mol. The van der Waals surface area contributed by atoms with E-state index in [-0.39, 0.29) is 11.5 Å². The van der Waals surface area contributed by atoms with Gasteiger partial charge in [-0.3, -0.25) is 14.5 Å². The maximum absolute atomic E-state index is 12.6. The molecule has 1 aliphatic carbocycles. The van der Waals surface area contributed by atoms with Gasteiger partial charge in [0.2, 0.25) is 5.91 Å². The Labute approximate surface area is 173 Å². The Morgan fingerprint density at radius 2 is 2.18 bits per heavy atom. The second kappa shape index (κ2) is 8.55. The minimum absolute atomic E-state index is 0.0204. The molecule has 1 N–H and O–H groups in total. The summed E-state index contributed by atoms with van der Waals surface area (Å²) in [5.74, 6) is 1.87.